The van der Waals surface area contributed by atoms with E-state index in [0.717, 1.165) is 32.0 Å². The first kappa shape index (κ1) is 24.3. The molecule has 0 saturated heterocycles. The van der Waals surface area contributed by atoms with Gasteiger partial charge >= 0.3 is 5.97 Å². The molecule has 0 aliphatic carbocycles. The van der Waals surface area contributed by atoms with E-state index in [9.17, 15) is 9.90 Å². The highest BCUT2D eigenvalue weighted by Crippen LogP contribution is 2.47. The summed E-state index contributed by atoms with van der Waals surface area (Å²) in [5.41, 5.74) is 3.71. The van der Waals surface area contributed by atoms with Gasteiger partial charge in [-0.3, -0.25) is 4.79 Å². The molecule has 0 fully saturated rings. The Labute approximate surface area is 186 Å². The average molecular weight is 429 g/mol. The molecule has 164 valence electrons. The predicted molar refractivity (Wildman–Crippen MR) is 126 cm³/mol. The van der Waals surface area contributed by atoms with Gasteiger partial charge in [0, 0.05) is 11.1 Å². The Morgan fingerprint density at radius 1 is 0.867 bits per heavy atom. The van der Waals surface area contributed by atoms with Gasteiger partial charge in [-0.05, 0) is 47.9 Å². The Morgan fingerprint density at radius 3 is 1.80 bits per heavy atom. The molecule has 2 aromatic rings. The third-order valence-corrected chi connectivity index (χ3v) is 5.98. The van der Waals surface area contributed by atoms with Crippen LogP contribution < -0.4 is 4.74 Å². The number of esters is 1. The van der Waals surface area contributed by atoms with Crippen LogP contribution in [0, 0.1) is 19.8 Å². The van der Waals surface area contributed by atoms with E-state index in [2.05, 4.69) is 47.6 Å². The van der Waals surface area contributed by atoms with Crippen molar-refractivity contribution in [3.8, 4) is 11.5 Å². The van der Waals surface area contributed by atoms with Crippen molar-refractivity contribution < 1.29 is 14.6 Å². The number of ether oxygens (including phenoxy) is 1. The Morgan fingerprint density at radius 2 is 1.33 bits per heavy atom. The second-order valence-electron chi connectivity index (χ2n) is 10.5. The topological polar surface area (TPSA) is 46.5 Å². The van der Waals surface area contributed by atoms with Gasteiger partial charge < -0.3 is 9.84 Å². The number of carbonyl (C=O) groups excluding carboxylic acids is 1. The molecule has 0 aromatic heterocycles. The Balaban J connectivity index is 2.69. The number of hydrogen-bond donors (Lipinski definition) is 1. The smallest absolute Gasteiger partial charge is 0.313 e. The molecular weight excluding hydrogens is 392 g/mol. The Kier molecular flexibility index (Phi) is 7.03. The summed E-state index contributed by atoms with van der Waals surface area (Å²) in [6, 6.07) is 8.14. The first-order chi connectivity index (χ1) is 13.6. The lowest BCUT2D eigenvalue weighted by Gasteiger charge is -2.26. The second kappa shape index (κ2) is 8.66. The highest BCUT2D eigenvalue weighted by atomic mass is 32.2. The van der Waals surface area contributed by atoms with Gasteiger partial charge in [0.25, 0.3) is 0 Å². The molecule has 3 nitrogen and oxygen atoms in total. The fraction of sp³-hybridized carbons (Fsp3) is 0.500. The van der Waals surface area contributed by atoms with E-state index < -0.39 is 0 Å². The summed E-state index contributed by atoms with van der Waals surface area (Å²) in [5, 5.41) is 11.0. The van der Waals surface area contributed by atoms with E-state index in [1.165, 1.54) is 11.8 Å². The number of hydrogen-bond acceptors (Lipinski definition) is 4. The maximum absolute atomic E-state index is 12.5. The van der Waals surface area contributed by atoms with Crippen LogP contribution in [0.2, 0.25) is 0 Å². The zero-order chi connectivity index (χ0) is 23.0. The van der Waals surface area contributed by atoms with Gasteiger partial charge in [-0.1, -0.05) is 79.3 Å². The minimum absolute atomic E-state index is 0.179. The molecule has 4 heteroatoms. The number of phenols is 1. The number of rotatable bonds is 4. The Bertz CT molecular complexity index is 944. The second-order valence-corrected chi connectivity index (χ2v) is 11.6. The van der Waals surface area contributed by atoms with Gasteiger partial charge in [0.05, 0.1) is 15.7 Å². The normalized spacial score (nSPS) is 12.4. The minimum atomic E-state index is -0.255. The predicted octanol–water partition coefficient (Wildman–Crippen LogP) is 7.32. The Hall–Kier alpha value is -1.94. The van der Waals surface area contributed by atoms with Crippen molar-refractivity contribution >= 4 is 17.7 Å². The van der Waals surface area contributed by atoms with Crippen LogP contribution in [0.25, 0.3) is 0 Å². The van der Waals surface area contributed by atoms with E-state index in [0.29, 0.717) is 5.75 Å². The van der Waals surface area contributed by atoms with Gasteiger partial charge in [-0.2, -0.15) is 0 Å². The molecule has 0 spiro atoms. The summed E-state index contributed by atoms with van der Waals surface area (Å²) < 4.78 is 5.92. The number of benzene rings is 2. The summed E-state index contributed by atoms with van der Waals surface area (Å²) in [5.74, 6) is 0.403. The van der Waals surface area contributed by atoms with Crippen molar-refractivity contribution in [2.75, 3.05) is 0 Å². The molecule has 0 heterocycles. The summed E-state index contributed by atoms with van der Waals surface area (Å²) in [4.78, 5) is 14.1. The highest BCUT2D eigenvalue weighted by molar-refractivity contribution is 7.99. The van der Waals surface area contributed by atoms with E-state index in [1.807, 2.05) is 45.9 Å². The third kappa shape index (κ3) is 5.60. The molecule has 0 radical (unpaired) electrons. The number of aryl methyl sites for hydroxylation is 2. The van der Waals surface area contributed by atoms with E-state index in [1.54, 1.807) is 0 Å². The van der Waals surface area contributed by atoms with E-state index in [-0.39, 0.29) is 28.5 Å². The quantitative estimate of drug-likeness (QED) is 0.409. The van der Waals surface area contributed by atoms with Gasteiger partial charge in [0.1, 0.15) is 11.5 Å². The van der Waals surface area contributed by atoms with Crippen LogP contribution in [0.15, 0.2) is 34.1 Å². The fourth-order valence-electron chi connectivity index (χ4n) is 3.21. The van der Waals surface area contributed by atoms with Gasteiger partial charge in [-0.25, -0.2) is 0 Å². The molecule has 30 heavy (non-hydrogen) atoms. The molecule has 0 amide bonds. The molecule has 1 N–H and O–H groups in total. The lowest BCUT2D eigenvalue weighted by molar-refractivity contribution is -0.138. The van der Waals surface area contributed by atoms with E-state index in [4.69, 9.17) is 4.74 Å². The number of aromatic hydroxyl groups is 1. The molecule has 2 aromatic carbocycles. The maximum atomic E-state index is 12.5. The average Bonchev–Trinajstić information content (AvgIpc) is 2.57. The van der Waals surface area contributed by atoms with Crippen molar-refractivity contribution in [3.05, 3.63) is 46.5 Å². The first-order valence-electron chi connectivity index (χ1n) is 10.5. The van der Waals surface area contributed by atoms with Gasteiger partial charge in [-0.15, -0.1) is 0 Å². The SMILES string of the molecule is Cc1cc(Sc2cc(C)cc(C(C)(C)C)c2OC(=O)C(C)C)c(O)c(C(C)(C)C)c1. The zero-order valence-corrected chi connectivity index (χ0v) is 20.9. The maximum Gasteiger partial charge on any atom is 0.313 e. The summed E-state index contributed by atoms with van der Waals surface area (Å²) in [6.45, 7) is 20.4. The van der Waals surface area contributed by atoms with Crippen LogP contribution in [0.4, 0.5) is 0 Å². The summed E-state index contributed by atoms with van der Waals surface area (Å²) >= 11 is 1.46. The molecule has 0 unspecified atom stereocenters. The lowest BCUT2D eigenvalue weighted by Crippen LogP contribution is -2.20. The molecule has 0 atom stereocenters. The molecule has 0 bridgehead atoms. The number of phenolic OH excluding ortho intramolecular Hbond substituents is 1. The first-order valence-corrected chi connectivity index (χ1v) is 11.3. The molecule has 0 aliphatic heterocycles. The van der Waals surface area contributed by atoms with Crippen molar-refractivity contribution in [2.24, 2.45) is 5.92 Å². The summed E-state index contributed by atoms with van der Waals surface area (Å²) in [6.07, 6.45) is 0. The van der Waals surface area contributed by atoms with Crippen LogP contribution in [-0.4, -0.2) is 11.1 Å². The third-order valence-electron chi connectivity index (χ3n) is 4.93. The monoisotopic (exact) mass is 428 g/mol. The van der Waals surface area contributed by atoms with Crippen molar-refractivity contribution in [2.45, 2.75) is 89.9 Å². The molecule has 2 rings (SSSR count). The van der Waals surface area contributed by atoms with E-state index >= 15 is 0 Å². The zero-order valence-electron chi connectivity index (χ0n) is 20.1. The molecule has 0 aliphatic rings. The van der Waals surface area contributed by atoms with Crippen LogP contribution >= 0.6 is 11.8 Å². The fourth-order valence-corrected chi connectivity index (χ4v) is 4.39. The van der Waals surface area contributed by atoms with Crippen LogP contribution in [0.5, 0.6) is 11.5 Å². The standard InChI is InChI=1S/C26H36O3S/c1-15(2)24(28)29-23-19(26(8,9)10)12-17(4)14-21(23)30-20-13-16(3)11-18(22(20)27)25(5,6)7/h11-15,27H,1-10H3. The van der Waals surface area contributed by atoms with Crippen molar-refractivity contribution in [1.29, 1.82) is 0 Å². The van der Waals surface area contributed by atoms with Gasteiger partial charge in [0.15, 0.2) is 0 Å². The van der Waals surface area contributed by atoms with Crippen LogP contribution in [0.3, 0.4) is 0 Å². The number of carbonyl (C=O) groups is 1. The van der Waals surface area contributed by atoms with Crippen LogP contribution in [0.1, 0.15) is 77.6 Å². The van der Waals surface area contributed by atoms with Crippen molar-refractivity contribution in [1.82, 2.24) is 0 Å². The molecule has 0 saturated carbocycles. The minimum Gasteiger partial charge on any atom is -0.506 e. The summed E-state index contributed by atoms with van der Waals surface area (Å²) in [7, 11) is 0. The largest absolute Gasteiger partial charge is 0.506 e. The molecular formula is C26H36O3S. The highest BCUT2D eigenvalue weighted by Gasteiger charge is 2.27. The van der Waals surface area contributed by atoms with Crippen molar-refractivity contribution in [3.63, 3.8) is 0 Å². The lowest BCUT2D eigenvalue weighted by atomic mass is 9.85. The van der Waals surface area contributed by atoms with Gasteiger partial charge in [0.2, 0.25) is 0 Å². The van der Waals surface area contributed by atoms with Crippen LogP contribution in [-0.2, 0) is 15.6 Å².